The summed E-state index contributed by atoms with van der Waals surface area (Å²) in [5.41, 5.74) is 0. The molecule has 0 radical (unpaired) electrons. The van der Waals surface area contributed by atoms with E-state index in [-0.39, 0.29) is 12.1 Å². The van der Waals surface area contributed by atoms with E-state index in [0.29, 0.717) is 23.9 Å². The molecule has 1 atom stereocenters. The predicted octanol–water partition coefficient (Wildman–Crippen LogP) is 2.77. The number of benzene rings is 1. The Bertz CT molecular complexity index is 398. The molecule has 0 aliphatic rings. The lowest BCUT2D eigenvalue weighted by atomic mass is 10.3. The summed E-state index contributed by atoms with van der Waals surface area (Å²) in [5, 5.41) is 3.36. The molecule has 5 heteroatoms. The number of hydrogen-bond donors (Lipinski definition) is 1. The van der Waals surface area contributed by atoms with E-state index in [0.717, 1.165) is 0 Å². The van der Waals surface area contributed by atoms with Crippen molar-refractivity contribution < 1.29 is 9.53 Å². The molecule has 100 valence electrons. The SMILES string of the molecule is CCN(C)C(=O)NC[C@@H](C)Oc1ccccc1Cl. The Labute approximate surface area is 113 Å². The van der Waals surface area contributed by atoms with Crippen LogP contribution in [-0.4, -0.2) is 37.2 Å². The van der Waals surface area contributed by atoms with Crippen molar-refractivity contribution in [2.24, 2.45) is 0 Å². The van der Waals surface area contributed by atoms with Gasteiger partial charge in [0.1, 0.15) is 11.9 Å². The van der Waals surface area contributed by atoms with Crippen LogP contribution in [0.2, 0.25) is 5.02 Å². The Morgan fingerprint density at radius 1 is 1.50 bits per heavy atom. The number of rotatable bonds is 5. The van der Waals surface area contributed by atoms with E-state index in [1.165, 1.54) is 0 Å². The molecule has 0 saturated heterocycles. The molecule has 0 bridgehead atoms. The molecule has 4 nitrogen and oxygen atoms in total. The summed E-state index contributed by atoms with van der Waals surface area (Å²) in [6.45, 7) is 4.92. The zero-order chi connectivity index (χ0) is 13.5. The molecule has 0 fully saturated rings. The van der Waals surface area contributed by atoms with Gasteiger partial charge >= 0.3 is 6.03 Å². The van der Waals surface area contributed by atoms with Crippen LogP contribution in [0.5, 0.6) is 5.75 Å². The van der Waals surface area contributed by atoms with Gasteiger partial charge in [0.25, 0.3) is 0 Å². The molecule has 2 amide bonds. The molecule has 0 heterocycles. The molecule has 0 unspecified atom stereocenters. The van der Waals surface area contributed by atoms with Crippen LogP contribution in [0.3, 0.4) is 0 Å². The number of para-hydroxylation sites is 1. The van der Waals surface area contributed by atoms with Crippen LogP contribution in [0.1, 0.15) is 13.8 Å². The molecular formula is C13H19ClN2O2. The van der Waals surface area contributed by atoms with Crippen molar-refractivity contribution >= 4 is 17.6 Å². The molecule has 1 aromatic rings. The molecule has 0 spiro atoms. The van der Waals surface area contributed by atoms with E-state index in [9.17, 15) is 4.79 Å². The maximum atomic E-state index is 11.5. The highest BCUT2D eigenvalue weighted by atomic mass is 35.5. The zero-order valence-corrected chi connectivity index (χ0v) is 11.7. The molecule has 0 aromatic heterocycles. The first-order valence-corrected chi connectivity index (χ1v) is 6.32. The van der Waals surface area contributed by atoms with Crippen LogP contribution in [0.15, 0.2) is 24.3 Å². The number of amides is 2. The van der Waals surface area contributed by atoms with Gasteiger partial charge in [-0.2, -0.15) is 0 Å². The molecule has 0 aliphatic heterocycles. The van der Waals surface area contributed by atoms with Crippen molar-refractivity contribution in [1.82, 2.24) is 10.2 Å². The Kier molecular flexibility index (Phi) is 5.78. The largest absolute Gasteiger partial charge is 0.487 e. The number of nitrogens with zero attached hydrogens (tertiary/aromatic N) is 1. The summed E-state index contributed by atoms with van der Waals surface area (Å²) in [5.74, 6) is 0.629. The van der Waals surface area contributed by atoms with Crippen LogP contribution >= 0.6 is 11.6 Å². The number of carbonyl (C=O) groups excluding carboxylic acids is 1. The van der Waals surface area contributed by atoms with E-state index in [1.807, 2.05) is 26.0 Å². The van der Waals surface area contributed by atoms with Gasteiger partial charge in [0.05, 0.1) is 11.6 Å². The van der Waals surface area contributed by atoms with Crippen LogP contribution in [-0.2, 0) is 0 Å². The molecule has 1 aromatic carbocycles. The van der Waals surface area contributed by atoms with E-state index < -0.39 is 0 Å². The number of carbonyl (C=O) groups is 1. The number of ether oxygens (including phenoxy) is 1. The Morgan fingerprint density at radius 3 is 2.78 bits per heavy atom. The van der Waals surface area contributed by atoms with Gasteiger partial charge in [-0.1, -0.05) is 23.7 Å². The standard InChI is InChI=1S/C13H19ClN2O2/c1-4-16(3)13(17)15-9-10(2)18-12-8-6-5-7-11(12)14/h5-8,10H,4,9H2,1-3H3,(H,15,17)/t10-/m1/s1. The van der Waals surface area contributed by atoms with Gasteiger partial charge in [0.2, 0.25) is 0 Å². The van der Waals surface area contributed by atoms with E-state index in [2.05, 4.69) is 5.32 Å². The maximum Gasteiger partial charge on any atom is 0.317 e. The lowest BCUT2D eigenvalue weighted by molar-refractivity contribution is 0.191. The summed E-state index contributed by atoms with van der Waals surface area (Å²) < 4.78 is 5.64. The third-order valence-electron chi connectivity index (χ3n) is 2.53. The third-order valence-corrected chi connectivity index (χ3v) is 2.84. The van der Waals surface area contributed by atoms with Crippen LogP contribution in [0.4, 0.5) is 4.79 Å². The number of hydrogen-bond acceptors (Lipinski definition) is 2. The smallest absolute Gasteiger partial charge is 0.317 e. The summed E-state index contributed by atoms with van der Waals surface area (Å²) in [6.07, 6.45) is -0.140. The van der Waals surface area contributed by atoms with Gasteiger partial charge in [-0.05, 0) is 26.0 Å². The highest BCUT2D eigenvalue weighted by Crippen LogP contribution is 2.23. The van der Waals surface area contributed by atoms with Crippen molar-refractivity contribution in [3.8, 4) is 5.75 Å². The first-order chi connectivity index (χ1) is 8.54. The second-order valence-electron chi connectivity index (χ2n) is 4.06. The van der Waals surface area contributed by atoms with E-state index in [1.54, 1.807) is 24.1 Å². The number of urea groups is 1. The van der Waals surface area contributed by atoms with E-state index in [4.69, 9.17) is 16.3 Å². The number of nitrogens with one attached hydrogen (secondary N) is 1. The summed E-state index contributed by atoms with van der Waals surface area (Å²) >= 11 is 5.98. The Morgan fingerprint density at radius 2 is 2.17 bits per heavy atom. The Balaban J connectivity index is 2.41. The molecular weight excluding hydrogens is 252 g/mol. The fourth-order valence-electron chi connectivity index (χ4n) is 1.31. The maximum absolute atomic E-state index is 11.5. The topological polar surface area (TPSA) is 41.6 Å². The van der Waals surface area contributed by atoms with Crippen molar-refractivity contribution in [1.29, 1.82) is 0 Å². The highest BCUT2D eigenvalue weighted by Gasteiger charge is 2.10. The first-order valence-electron chi connectivity index (χ1n) is 5.94. The van der Waals surface area contributed by atoms with Gasteiger partial charge in [-0.15, -0.1) is 0 Å². The van der Waals surface area contributed by atoms with Crippen molar-refractivity contribution in [3.05, 3.63) is 29.3 Å². The quantitative estimate of drug-likeness (QED) is 0.894. The second-order valence-corrected chi connectivity index (χ2v) is 4.47. The van der Waals surface area contributed by atoms with Crippen molar-refractivity contribution in [2.75, 3.05) is 20.1 Å². The van der Waals surface area contributed by atoms with Crippen LogP contribution in [0, 0.1) is 0 Å². The molecule has 1 N–H and O–H groups in total. The van der Waals surface area contributed by atoms with Gasteiger partial charge in [0, 0.05) is 13.6 Å². The minimum Gasteiger partial charge on any atom is -0.487 e. The number of halogens is 1. The van der Waals surface area contributed by atoms with Crippen LogP contribution in [0.25, 0.3) is 0 Å². The van der Waals surface area contributed by atoms with E-state index >= 15 is 0 Å². The average Bonchev–Trinajstić information content (AvgIpc) is 2.37. The minimum atomic E-state index is -0.140. The lowest BCUT2D eigenvalue weighted by Gasteiger charge is -2.19. The van der Waals surface area contributed by atoms with Gasteiger partial charge < -0.3 is 15.0 Å². The normalized spacial score (nSPS) is 11.8. The second kappa shape index (κ2) is 7.11. The zero-order valence-electron chi connectivity index (χ0n) is 10.9. The highest BCUT2D eigenvalue weighted by molar-refractivity contribution is 6.32. The molecule has 18 heavy (non-hydrogen) atoms. The molecule has 1 rings (SSSR count). The summed E-state index contributed by atoms with van der Waals surface area (Å²) in [4.78, 5) is 13.1. The molecule has 0 aliphatic carbocycles. The molecule has 0 saturated carbocycles. The fourth-order valence-corrected chi connectivity index (χ4v) is 1.49. The third kappa shape index (κ3) is 4.45. The average molecular weight is 271 g/mol. The van der Waals surface area contributed by atoms with Gasteiger partial charge in [-0.3, -0.25) is 0 Å². The van der Waals surface area contributed by atoms with Gasteiger partial charge in [-0.25, -0.2) is 4.79 Å². The minimum absolute atomic E-state index is 0.105. The summed E-state index contributed by atoms with van der Waals surface area (Å²) in [7, 11) is 1.74. The lowest BCUT2D eigenvalue weighted by Crippen LogP contribution is -2.41. The first kappa shape index (κ1) is 14.6. The summed E-state index contributed by atoms with van der Waals surface area (Å²) in [6, 6.07) is 7.17. The fraction of sp³-hybridized carbons (Fsp3) is 0.462. The monoisotopic (exact) mass is 270 g/mol. The predicted molar refractivity (Wildman–Crippen MR) is 73.2 cm³/mol. The van der Waals surface area contributed by atoms with Crippen LogP contribution < -0.4 is 10.1 Å². The van der Waals surface area contributed by atoms with Crippen molar-refractivity contribution in [2.45, 2.75) is 20.0 Å². The van der Waals surface area contributed by atoms with Crippen molar-refractivity contribution in [3.63, 3.8) is 0 Å². The Hall–Kier alpha value is -1.42. The van der Waals surface area contributed by atoms with Gasteiger partial charge in [0.15, 0.2) is 0 Å².